The van der Waals surface area contributed by atoms with E-state index in [1.807, 2.05) is 13.0 Å². The molecule has 0 bridgehead atoms. The smallest absolute Gasteiger partial charge is 0.128 e. The highest BCUT2D eigenvalue weighted by Crippen LogP contribution is 2.19. The molecule has 1 saturated heterocycles. The molecule has 1 aliphatic heterocycles. The highest BCUT2D eigenvalue weighted by Gasteiger charge is 2.11. The molecule has 3 rings (SSSR count). The minimum atomic E-state index is 0.823. The van der Waals surface area contributed by atoms with E-state index in [1.165, 1.54) is 11.3 Å². The van der Waals surface area contributed by atoms with Crippen LogP contribution in [0.2, 0.25) is 0 Å². The monoisotopic (exact) mass is 297 g/mol. The SMILES string of the molecule is Cc1cccc(N(C)Cc2ccc(N3CCOCC3)cc2)n1. The molecule has 0 N–H and O–H groups in total. The predicted octanol–water partition coefficient (Wildman–Crippen LogP) is 2.86. The Hall–Kier alpha value is -2.07. The Labute approximate surface area is 132 Å². The van der Waals surface area contributed by atoms with Gasteiger partial charge < -0.3 is 14.5 Å². The van der Waals surface area contributed by atoms with Gasteiger partial charge in [0.25, 0.3) is 0 Å². The quantitative estimate of drug-likeness (QED) is 0.867. The van der Waals surface area contributed by atoms with E-state index in [0.717, 1.165) is 44.4 Å². The number of aryl methyl sites for hydroxylation is 1. The minimum Gasteiger partial charge on any atom is -0.378 e. The number of rotatable bonds is 4. The average Bonchev–Trinajstić information content (AvgIpc) is 2.56. The molecule has 0 saturated carbocycles. The molecule has 1 aromatic heterocycles. The molecule has 4 nitrogen and oxygen atoms in total. The summed E-state index contributed by atoms with van der Waals surface area (Å²) >= 11 is 0. The number of hydrogen-bond acceptors (Lipinski definition) is 4. The number of aromatic nitrogens is 1. The topological polar surface area (TPSA) is 28.6 Å². The van der Waals surface area contributed by atoms with E-state index in [1.54, 1.807) is 0 Å². The van der Waals surface area contributed by atoms with Crippen LogP contribution in [-0.2, 0) is 11.3 Å². The highest BCUT2D eigenvalue weighted by atomic mass is 16.5. The van der Waals surface area contributed by atoms with Crippen molar-refractivity contribution in [3.63, 3.8) is 0 Å². The number of pyridine rings is 1. The molecule has 2 aromatic rings. The van der Waals surface area contributed by atoms with Crippen LogP contribution in [0.5, 0.6) is 0 Å². The zero-order chi connectivity index (χ0) is 15.4. The van der Waals surface area contributed by atoms with Gasteiger partial charge in [-0.05, 0) is 36.8 Å². The Morgan fingerprint density at radius 3 is 2.50 bits per heavy atom. The van der Waals surface area contributed by atoms with Crippen LogP contribution in [0.3, 0.4) is 0 Å². The van der Waals surface area contributed by atoms with Crippen molar-refractivity contribution in [2.24, 2.45) is 0 Å². The van der Waals surface area contributed by atoms with E-state index in [2.05, 4.69) is 58.2 Å². The Balaban J connectivity index is 1.65. The van der Waals surface area contributed by atoms with Gasteiger partial charge in [-0.3, -0.25) is 0 Å². The second-order valence-corrected chi connectivity index (χ2v) is 5.76. The molecular weight excluding hydrogens is 274 g/mol. The van der Waals surface area contributed by atoms with Crippen molar-refractivity contribution in [1.82, 2.24) is 4.98 Å². The van der Waals surface area contributed by atoms with Gasteiger partial charge in [-0.1, -0.05) is 18.2 Å². The molecule has 0 spiro atoms. The fraction of sp³-hybridized carbons (Fsp3) is 0.389. The van der Waals surface area contributed by atoms with Gasteiger partial charge >= 0.3 is 0 Å². The fourth-order valence-corrected chi connectivity index (χ4v) is 2.73. The highest BCUT2D eigenvalue weighted by molar-refractivity contribution is 5.49. The second-order valence-electron chi connectivity index (χ2n) is 5.76. The van der Waals surface area contributed by atoms with Crippen molar-refractivity contribution < 1.29 is 4.74 Å². The lowest BCUT2D eigenvalue weighted by molar-refractivity contribution is 0.122. The van der Waals surface area contributed by atoms with Gasteiger partial charge in [0.15, 0.2) is 0 Å². The molecule has 0 unspecified atom stereocenters. The van der Waals surface area contributed by atoms with E-state index in [4.69, 9.17) is 4.74 Å². The number of morpholine rings is 1. The van der Waals surface area contributed by atoms with Crippen LogP contribution in [0, 0.1) is 6.92 Å². The average molecular weight is 297 g/mol. The van der Waals surface area contributed by atoms with Crippen LogP contribution in [0.25, 0.3) is 0 Å². The normalized spacial score (nSPS) is 14.9. The third-order valence-electron chi connectivity index (χ3n) is 4.00. The standard InChI is InChI=1S/C18H23N3O/c1-15-4-3-5-18(19-15)20(2)14-16-6-8-17(9-7-16)21-10-12-22-13-11-21/h3-9H,10-14H2,1-2H3. The summed E-state index contributed by atoms with van der Waals surface area (Å²) in [5.41, 5.74) is 3.62. The Morgan fingerprint density at radius 1 is 1.09 bits per heavy atom. The molecule has 22 heavy (non-hydrogen) atoms. The van der Waals surface area contributed by atoms with E-state index in [-0.39, 0.29) is 0 Å². The van der Waals surface area contributed by atoms with E-state index in [9.17, 15) is 0 Å². The van der Waals surface area contributed by atoms with Crippen LogP contribution < -0.4 is 9.80 Å². The van der Waals surface area contributed by atoms with E-state index in [0.29, 0.717) is 0 Å². The summed E-state index contributed by atoms with van der Waals surface area (Å²) in [7, 11) is 2.08. The predicted molar refractivity (Wildman–Crippen MR) is 90.6 cm³/mol. The Morgan fingerprint density at radius 2 is 1.82 bits per heavy atom. The van der Waals surface area contributed by atoms with Crippen molar-refractivity contribution in [3.8, 4) is 0 Å². The first-order chi connectivity index (χ1) is 10.7. The number of anilines is 2. The molecule has 116 valence electrons. The maximum Gasteiger partial charge on any atom is 0.128 e. The van der Waals surface area contributed by atoms with Crippen molar-refractivity contribution >= 4 is 11.5 Å². The maximum atomic E-state index is 5.40. The molecule has 1 aliphatic rings. The van der Waals surface area contributed by atoms with Crippen LogP contribution in [0.1, 0.15) is 11.3 Å². The van der Waals surface area contributed by atoms with Gasteiger partial charge in [0, 0.05) is 38.1 Å². The van der Waals surface area contributed by atoms with E-state index >= 15 is 0 Å². The molecule has 0 radical (unpaired) electrons. The van der Waals surface area contributed by atoms with Crippen molar-refractivity contribution in [3.05, 3.63) is 53.7 Å². The maximum absolute atomic E-state index is 5.40. The lowest BCUT2D eigenvalue weighted by atomic mass is 10.1. The van der Waals surface area contributed by atoms with E-state index < -0.39 is 0 Å². The van der Waals surface area contributed by atoms with Gasteiger partial charge in [-0.25, -0.2) is 4.98 Å². The number of hydrogen-bond donors (Lipinski definition) is 0. The van der Waals surface area contributed by atoms with Crippen LogP contribution >= 0.6 is 0 Å². The molecule has 0 atom stereocenters. The number of benzene rings is 1. The third-order valence-corrected chi connectivity index (χ3v) is 4.00. The van der Waals surface area contributed by atoms with Crippen LogP contribution in [0.4, 0.5) is 11.5 Å². The zero-order valence-corrected chi connectivity index (χ0v) is 13.3. The minimum absolute atomic E-state index is 0.823. The lowest BCUT2D eigenvalue weighted by Crippen LogP contribution is -2.36. The van der Waals surface area contributed by atoms with Crippen LogP contribution in [-0.4, -0.2) is 38.3 Å². The molecule has 4 heteroatoms. The summed E-state index contributed by atoms with van der Waals surface area (Å²) in [6.45, 7) is 6.49. The first kappa shape index (κ1) is 14.9. The van der Waals surface area contributed by atoms with Crippen molar-refractivity contribution in [2.75, 3.05) is 43.2 Å². The third kappa shape index (κ3) is 3.57. The first-order valence-electron chi connectivity index (χ1n) is 7.79. The number of nitrogens with zero attached hydrogens (tertiary/aromatic N) is 3. The van der Waals surface area contributed by atoms with Crippen molar-refractivity contribution in [2.45, 2.75) is 13.5 Å². The largest absolute Gasteiger partial charge is 0.378 e. The van der Waals surface area contributed by atoms with Gasteiger partial charge in [0.2, 0.25) is 0 Å². The zero-order valence-electron chi connectivity index (χ0n) is 13.3. The molecule has 0 aliphatic carbocycles. The summed E-state index contributed by atoms with van der Waals surface area (Å²) in [6.07, 6.45) is 0. The van der Waals surface area contributed by atoms with Gasteiger partial charge in [-0.2, -0.15) is 0 Å². The Kier molecular flexibility index (Phi) is 4.59. The summed E-state index contributed by atoms with van der Waals surface area (Å²) in [6, 6.07) is 14.9. The fourth-order valence-electron chi connectivity index (χ4n) is 2.73. The van der Waals surface area contributed by atoms with Gasteiger partial charge in [0.1, 0.15) is 5.82 Å². The summed E-state index contributed by atoms with van der Waals surface area (Å²) in [4.78, 5) is 9.12. The molecule has 1 aromatic carbocycles. The summed E-state index contributed by atoms with van der Waals surface area (Å²) < 4.78 is 5.40. The first-order valence-corrected chi connectivity index (χ1v) is 7.79. The molecule has 0 amide bonds. The van der Waals surface area contributed by atoms with Crippen molar-refractivity contribution in [1.29, 1.82) is 0 Å². The summed E-state index contributed by atoms with van der Waals surface area (Å²) in [5.74, 6) is 1.01. The molecular formula is C18H23N3O. The summed E-state index contributed by atoms with van der Waals surface area (Å²) in [5, 5.41) is 0. The molecule has 2 heterocycles. The Bertz CT molecular complexity index is 606. The van der Waals surface area contributed by atoms with Gasteiger partial charge in [0.05, 0.1) is 13.2 Å². The molecule has 1 fully saturated rings. The number of ether oxygens (including phenoxy) is 1. The van der Waals surface area contributed by atoms with Gasteiger partial charge in [-0.15, -0.1) is 0 Å². The second kappa shape index (κ2) is 6.79. The lowest BCUT2D eigenvalue weighted by Gasteiger charge is -2.29. The van der Waals surface area contributed by atoms with Crippen LogP contribution in [0.15, 0.2) is 42.5 Å².